The Morgan fingerprint density at radius 3 is 2.29 bits per heavy atom. The van der Waals surface area contributed by atoms with Gasteiger partial charge in [-0.3, -0.25) is 4.79 Å². The maximum Gasteiger partial charge on any atom is 0.413 e. The number of carbonyl (C=O) groups is 2. The number of nitrogens with one attached hydrogen (secondary N) is 1. The molecule has 6 radical (unpaired) electrons. The van der Waals surface area contributed by atoms with E-state index >= 15 is 0 Å². The Morgan fingerprint density at radius 1 is 1.06 bits per heavy atom. The standard InChI is InChI=1S/C24H33NO5.C13H23B3F2S/c1-23(2,13-26)25-22(28)30-20-11-14-5-6-16-15(17(14)12-19(20)29-4)9-10-24(3)18(16)7-8-21(24)27;1-6-10(2,3)11(4,5)19-9-7-8-12(14,15)13(16,17)18/h11-12,15-16,18,26H,5-10,13H2,1-4H3,(H,25,28);6-9H2,1-5H3. The summed E-state index contributed by atoms with van der Waals surface area (Å²) >= 11 is 1.76. The Morgan fingerprint density at radius 2 is 1.71 bits per heavy atom. The van der Waals surface area contributed by atoms with Crippen molar-refractivity contribution in [1.82, 2.24) is 5.32 Å². The average molecular weight is 697 g/mol. The topological polar surface area (TPSA) is 84.9 Å². The third kappa shape index (κ3) is 9.41. The van der Waals surface area contributed by atoms with E-state index in [1.54, 1.807) is 32.7 Å². The number of halogens is 2. The summed E-state index contributed by atoms with van der Waals surface area (Å²) in [6.07, 6.45) is 6.69. The molecule has 2 N–H and O–H groups in total. The number of thioether (sulfide) groups is 1. The summed E-state index contributed by atoms with van der Waals surface area (Å²) in [5.41, 5.74) is 1.77. The quantitative estimate of drug-likeness (QED) is 0.171. The highest BCUT2D eigenvalue weighted by Crippen LogP contribution is 2.60. The van der Waals surface area contributed by atoms with Crippen molar-refractivity contribution in [1.29, 1.82) is 0 Å². The van der Waals surface area contributed by atoms with Crippen molar-refractivity contribution in [2.24, 2.45) is 22.7 Å². The van der Waals surface area contributed by atoms with Crippen LogP contribution in [0.25, 0.3) is 0 Å². The van der Waals surface area contributed by atoms with E-state index in [0.717, 1.165) is 50.7 Å². The molecule has 0 aliphatic heterocycles. The van der Waals surface area contributed by atoms with Crippen LogP contribution >= 0.6 is 11.8 Å². The lowest BCUT2D eigenvalue weighted by Gasteiger charge is -2.48. The first-order chi connectivity index (χ1) is 22.4. The summed E-state index contributed by atoms with van der Waals surface area (Å²) in [4.78, 5) is 24.8. The van der Waals surface area contributed by atoms with E-state index in [-0.39, 0.29) is 28.6 Å². The van der Waals surface area contributed by atoms with Gasteiger partial charge >= 0.3 is 6.09 Å². The molecule has 4 atom stereocenters. The molecule has 0 saturated heterocycles. The number of aliphatic hydroxyl groups excluding tert-OH is 1. The number of hydrogen-bond donors (Lipinski definition) is 2. The van der Waals surface area contributed by atoms with Gasteiger partial charge in [0, 0.05) is 16.6 Å². The van der Waals surface area contributed by atoms with Crippen LogP contribution in [0.15, 0.2) is 12.1 Å². The van der Waals surface area contributed by atoms with E-state index in [9.17, 15) is 23.5 Å². The number of amides is 1. The van der Waals surface area contributed by atoms with Crippen LogP contribution in [-0.2, 0) is 11.2 Å². The molecule has 0 bridgehead atoms. The second-order valence-corrected chi connectivity index (χ2v) is 18.2. The van der Waals surface area contributed by atoms with Gasteiger partial charge in [-0.15, -0.1) is 0 Å². The van der Waals surface area contributed by atoms with Crippen LogP contribution < -0.4 is 14.8 Å². The van der Waals surface area contributed by atoms with E-state index in [4.69, 9.17) is 25.2 Å². The second kappa shape index (κ2) is 15.5. The van der Waals surface area contributed by atoms with E-state index in [1.165, 1.54) is 11.1 Å². The van der Waals surface area contributed by atoms with Crippen LogP contribution in [0.5, 0.6) is 11.5 Å². The number of ether oxygens (including phenoxy) is 2. The summed E-state index contributed by atoms with van der Waals surface area (Å²) in [6.45, 7) is 16.4. The first-order valence-electron chi connectivity index (χ1n) is 17.7. The van der Waals surface area contributed by atoms with Crippen molar-refractivity contribution >= 4 is 47.2 Å². The Labute approximate surface area is 302 Å². The smallest absolute Gasteiger partial charge is 0.413 e. The Balaban J connectivity index is 0.000000298. The fourth-order valence-electron chi connectivity index (χ4n) is 7.51. The van der Waals surface area contributed by atoms with Gasteiger partial charge in [-0.1, -0.05) is 48.0 Å². The Hall–Kier alpha value is -1.68. The molecule has 49 heavy (non-hydrogen) atoms. The number of fused-ring (bicyclic) bond motifs is 5. The summed E-state index contributed by atoms with van der Waals surface area (Å²) < 4.78 is 37.0. The zero-order valence-corrected chi connectivity index (χ0v) is 32.0. The van der Waals surface area contributed by atoms with Crippen LogP contribution in [0.2, 0.25) is 5.21 Å². The van der Waals surface area contributed by atoms with Gasteiger partial charge < -0.3 is 19.9 Å². The molecule has 0 spiro atoms. The number of aliphatic hydroxyl groups is 1. The van der Waals surface area contributed by atoms with Crippen molar-refractivity contribution in [3.63, 3.8) is 0 Å². The fraction of sp³-hybridized carbons (Fsp3) is 0.784. The number of aryl methyl sites for hydroxylation is 1. The second-order valence-electron chi connectivity index (χ2n) is 16.5. The van der Waals surface area contributed by atoms with Crippen molar-refractivity contribution in [3.05, 3.63) is 23.3 Å². The number of methoxy groups -OCH3 is 1. The lowest BCUT2D eigenvalue weighted by atomic mass is 9.45. The number of ketones is 1. The lowest BCUT2D eigenvalue weighted by molar-refractivity contribution is -0.129. The molecule has 4 unspecified atom stereocenters. The maximum absolute atomic E-state index is 12.9. The molecular formula is C37H56B3F2NO5S. The molecule has 4 rings (SSSR count). The monoisotopic (exact) mass is 697 g/mol. The first kappa shape index (κ1) is 41.7. The number of alkyl halides is 2. The number of benzene rings is 1. The van der Waals surface area contributed by atoms with Crippen LogP contribution in [0.1, 0.15) is 124 Å². The largest absolute Gasteiger partial charge is 0.493 e. The molecular weight excluding hydrogens is 641 g/mol. The molecule has 0 aromatic heterocycles. The van der Waals surface area contributed by atoms with Crippen molar-refractivity contribution in [3.8, 4) is 11.5 Å². The average Bonchev–Trinajstić information content (AvgIpc) is 3.32. The van der Waals surface area contributed by atoms with Crippen molar-refractivity contribution in [2.45, 2.75) is 140 Å². The molecule has 2 fully saturated rings. The third-order valence-electron chi connectivity index (χ3n) is 12.1. The fourth-order valence-corrected chi connectivity index (χ4v) is 8.84. The highest BCUT2D eigenvalue weighted by Gasteiger charge is 2.54. The summed E-state index contributed by atoms with van der Waals surface area (Å²) in [5, 5.41) is 9.90. The molecule has 1 amide bonds. The lowest BCUT2D eigenvalue weighted by Crippen LogP contribution is -2.47. The van der Waals surface area contributed by atoms with Gasteiger partial charge in [0.15, 0.2) is 25.2 Å². The van der Waals surface area contributed by atoms with Crippen molar-refractivity contribution < 1.29 is 33.0 Å². The first-order valence-corrected chi connectivity index (χ1v) is 18.7. The minimum atomic E-state index is -3.55. The Kier molecular flexibility index (Phi) is 13.2. The minimum Gasteiger partial charge on any atom is -0.493 e. The highest BCUT2D eigenvalue weighted by molar-refractivity contribution is 8.00. The molecule has 2 saturated carbocycles. The van der Waals surface area contributed by atoms with E-state index < -0.39 is 22.7 Å². The molecule has 6 nitrogen and oxygen atoms in total. The maximum atomic E-state index is 12.9. The highest BCUT2D eigenvalue weighted by atomic mass is 32.2. The summed E-state index contributed by atoms with van der Waals surface area (Å²) in [5.74, 6) is 0.0362. The van der Waals surface area contributed by atoms with Gasteiger partial charge in [0.1, 0.15) is 5.78 Å². The zero-order valence-electron chi connectivity index (χ0n) is 31.1. The van der Waals surface area contributed by atoms with Crippen LogP contribution in [-0.4, -0.2) is 76.1 Å². The van der Waals surface area contributed by atoms with Crippen molar-refractivity contribution in [2.75, 3.05) is 19.5 Å². The SMILES string of the molecule is COc1cc2c(cc1OC(=O)NC(C)(C)CO)CCC1C2CCC2(C)C(=O)CCC12.[B]C(F)(F)C([B])([B])CCCSC(C)(C)C(C)(C)CC. The molecule has 3 aliphatic carbocycles. The molecule has 0 heterocycles. The number of Topliss-reactive ketones (excluding diaryl/α,β-unsaturated/α-hetero) is 1. The molecule has 1 aromatic rings. The number of rotatable bonds is 12. The third-order valence-corrected chi connectivity index (χ3v) is 13.9. The van der Waals surface area contributed by atoms with Crippen LogP contribution in [0.4, 0.5) is 13.6 Å². The number of carbonyl (C=O) groups excluding carboxylic acids is 2. The molecule has 12 heteroatoms. The minimum absolute atomic E-state index is 0.00608. The van der Waals surface area contributed by atoms with Gasteiger partial charge in [-0.05, 0) is 116 Å². The van der Waals surface area contributed by atoms with Crippen LogP contribution in [0.3, 0.4) is 0 Å². The number of hydrogen-bond acceptors (Lipinski definition) is 6. The molecule has 1 aromatic carbocycles. The van der Waals surface area contributed by atoms with Crippen LogP contribution in [0, 0.1) is 22.7 Å². The Bertz CT molecular complexity index is 1340. The predicted octanol–water partition coefficient (Wildman–Crippen LogP) is 7.91. The van der Waals surface area contributed by atoms with E-state index in [2.05, 4.69) is 54.7 Å². The molecule has 268 valence electrons. The zero-order chi connectivity index (χ0) is 37.2. The summed E-state index contributed by atoms with van der Waals surface area (Å²) in [6, 6.07) is 3.97. The normalized spacial score (nSPS) is 24.2. The predicted molar refractivity (Wildman–Crippen MR) is 198 cm³/mol. The van der Waals surface area contributed by atoms with Gasteiger partial charge in [0.25, 0.3) is 0 Å². The summed E-state index contributed by atoms with van der Waals surface area (Å²) in [7, 11) is 17.0. The van der Waals surface area contributed by atoms with Gasteiger partial charge in [-0.2, -0.15) is 11.8 Å². The van der Waals surface area contributed by atoms with E-state index in [0.29, 0.717) is 41.5 Å². The molecule has 3 aliphatic rings. The van der Waals surface area contributed by atoms with Gasteiger partial charge in [-0.25, -0.2) is 13.6 Å². The van der Waals surface area contributed by atoms with E-state index in [1.807, 2.05) is 12.1 Å². The van der Waals surface area contributed by atoms with Gasteiger partial charge in [0.2, 0.25) is 0 Å². The van der Waals surface area contributed by atoms with Gasteiger partial charge in [0.05, 0.1) is 34.9 Å².